The van der Waals surface area contributed by atoms with Crippen molar-refractivity contribution >= 4 is 39.1 Å². The fourth-order valence-corrected chi connectivity index (χ4v) is 6.44. The molecule has 0 aromatic heterocycles. The van der Waals surface area contributed by atoms with Crippen molar-refractivity contribution in [3.63, 3.8) is 0 Å². The van der Waals surface area contributed by atoms with Crippen LogP contribution in [0.5, 0.6) is 5.75 Å². The van der Waals surface area contributed by atoms with Gasteiger partial charge in [-0.2, -0.15) is 0 Å². The van der Waals surface area contributed by atoms with Crippen LogP contribution in [0.1, 0.15) is 25.0 Å². The summed E-state index contributed by atoms with van der Waals surface area (Å²) >= 11 is 6.26. The summed E-state index contributed by atoms with van der Waals surface area (Å²) in [6.45, 7) is 3.70. The van der Waals surface area contributed by atoms with Gasteiger partial charge in [0.15, 0.2) is 0 Å². The van der Waals surface area contributed by atoms with Crippen molar-refractivity contribution in [1.82, 2.24) is 10.2 Å². The van der Waals surface area contributed by atoms with Crippen LogP contribution in [-0.4, -0.2) is 50.9 Å². The molecule has 8 nitrogen and oxygen atoms in total. The Morgan fingerprint density at radius 1 is 0.889 bits per heavy atom. The van der Waals surface area contributed by atoms with Crippen molar-refractivity contribution in [2.45, 2.75) is 37.8 Å². The Balaban J connectivity index is 1.79. The normalized spacial score (nSPS) is 11.8. The van der Waals surface area contributed by atoms with Gasteiger partial charge in [0.25, 0.3) is 10.0 Å². The smallest absolute Gasteiger partial charge is 0.264 e. The van der Waals surface area contributed by atoms with Gasteiger partial charge in [-0.25, -0.2) is 12.8 Å². The Hall–Kier alpha value is -4.41. The van der Waals surface area contributed by atoms with E-state index in [-0.39, 0.29) is 29.5 Å². The molecule has 2 amide bonds. The lowest BCUT2D eigenvalue weighted by Crippen LogP contribution is -2.53. The van der Waals surface area contributed by atoms with Crippen LogP contribution < -0.4 is 14.4 Å². The molecule has 0 bridgehead atoms. The number of ether oxygens (including phenoxy) is 1. The number of nitrogens with zero attached hydrogens (tertiary/aromatic N) is 2. The largest absolute Gasteiger partial charge is 0.494 e. The van der Waals surface area contributed by atoms with Crippen LogP contribution in [0.4, 0.5) is 10.1 Å². The number of halogens is 2. The maximum atomic E-state index is 14.4. The molecule has 4 aromatic rings. The van der Waals surface area contributed by atoms with Crippen LogP contribution in [0.15, 0.2) is 108 Å². The lowest BCUT2D eigenvalue weighted by Gasteiger charge is -2.34. The number of hydrogen-bond donors (Lipinski definition) is 1. The Labute approximate surface area is 268 Å². The standard InChI is InChI=1S/C34H35ClFN3O5S/c1-3-37-34(41)32(22-25-9-6-5-7-10-25)38(23-26-11-8-12-27(35)21-26)33(40)24-39(29-15-17-30(18-16-29)44-4-2)45(42,43)31-19-13-28(36)14-20-31/h5-21,32H,3-4,22-24H2,1-2H3,(H,37,41). The summed E-state index contributed by atoms with van der Waals surface area (Å²) < 4.78 is 48.3. The van der Waals surface area contributed by atoms with Gasteiger partial charge >= 0.3 is 0 Å². The molecule has 0 heterocycles. The maximum absolute atomic E-state index is 14.4. The van der Waals surface area contributed by atoms with E-state index >= 15 is 0 Å². The maximum Gasteiger partial charge on any atom is 0.264 e. The topological polar surface area (TPSA) is 96.0 Å². The van der Waals surface area contributed by atoms with Gasteiger partial charge in [-0.1, -0.05) is 54.1 Å². The van der Waals surface area contributed by atoms with E-state index in [1.54, 1.807) is 43.3 Å². The lowest BCUT2D eigenvalue weighted by molar-refractivity contribution is -0.140. The second-order valence-corrected chi connectivity index (χ2v) is 12.4. The third-order valence-corrected chi connectivity index (χ3v) is 9.00. The molecule has 1 N–H and O–H groups in total. The van der Waals surface area contributed by atoms with E-state index in [9.17, 15) is 22.4 Å². The highest BCUT2D eigenvalue weighted by Gasteiger charge is 2.34. The molecule has 236 valence electrons. The van der Waals surface area contributed by atoms with Crippen LogP contribution in [0.3, 0.4) is 0 Å². The number of sulfonamides is 1. The van der Waals surface area contributed by atoms with Crippen LogP contribution >= 0.6 is 11.6 Å². The first-order valence-corrected chi connectivity index (χ1v) is 16.3. The molecule has 0 radical (unpaired) electrons. The Kier molecular flexibility index (Phi) is 11.6. The molecule has 0 fully saturated rings. The van der Waals surface area contributed by atoms with E-state index in [0.29, 0.717) is 29.5 Å². The van der Waals surface area contributed by atoms with Crippen molar-refractivity contribution in [3.05, 3.63) is 125 Å². The van der Waals surface area contributed by atoms with Crippen LogP contribution in [0, 0.1) is 5.82 Å². The first-order chi connectivity index (χ1) is 21.6. The average Bonchev–Trinajstić information content (AvgIpc) is 3.03. The Bertz CT molecular complexity index is 1690. The molecule has 0 aliphatic heterocycles. The van der Waals surface area contributed by atoms with E-state index < -0.39 is 34.3 Å². The number of nitrogens with one attached hydrogen (secondary N) is 1. The van der Waals surface area contributed by atoms with E-state index in [2.05, 4.69) is 5.32 Å². The summed E-state index contributed by atoms with van der Waals surface area (Å²) in [5, 5.41) is 3.27. The van der Waals surface area contributed by atoms with E-state index in [0.717, 1.165) is 34.1 Å². The highest BCUT2D eigenvalue weighted by atomic mass is 35.5. The first kappa shape index (κ1) is 33.5. The molecule has 0 saturated heterocycles. The van der Waals surface area contributed by atoms with Gasteiger partial charge in [0.05, 0.1) is 17.2 Å². The molecule has 4 aromatic carbocycles. The molecule has 11 heteroatoms. The zero-order valence-corrected chi connectivity index (χ0v) is 26.6. The van der Waals surface area contributed by atoms with Crippen molar-refractivity contribution in [3.8, 4) is 5.75 Å². The van der Waals surface area contributed by atoms with Gasteiger partial charge in [0.2, 0.25) is 11.8 Å². The molecule has 45 heavy (non-hydrogen) atoms. The van der Waals surface area contributed by atoms with Crippen molar-refractivity contribution < 1.29 is 27.1 Å². The van der Waals surface area contributed by atoms with E-state index in [1.807, 2.05) is 37.3 Å². The molecular formula is C34H35ClFN3O5S. The second-order valence-electron chi connectivity index (χ2n) is 10.1. The van der Waals surface area contributed by atoms with Gasteiger partial charge in [-0.05, 0) is 85.6 Å². The lowest BCUT2D eigenvalue weighted by atomic mass is 10.0. The number of hydrogen-bond acceptors (Lipinski definition) is 5. The van der Waals surface area contributed by atoms with Crippen molar-refractivity contribution in [1.29, 1.82) is 0 Å². The predicted octanol–water partition coefficient (Wildman–Crippen LogP) is 5.85. The summed E-state index contributed by atoms with van der Waals surface area (Å²) in [5.74, 6) is -1.09. The third kappa shape index (κ3) is 8.83. The zero-order chi connectivity index (χ0) is 32.4. The molecule has 1 atom stereocenters. The molecule has 0 aliphatic carbocycles. The van der Waals surface area contributed by atoms with Gasteiger partial charge in [-0.15, -0.1) is 0 Å². The first-order valence-electron chi connectivity index (χ1n) is 14.5. The summed E-state index contributed by atoms with van der Waals surface area (Å²) in [5.41, 5.74) is 1.67. The van der Waals surface area contributed by atoms with Gasteiger partial charge in [0.1, 0.15) is 24.2 Å². The SMILES string of the molecule is CCNC(=O)C(Cc1ccccc1)N(Cc1cccc(Cl)c1)C(=O)CN(c1ccc(OCC)cc1)S(=O)(=O)c1ccc(F)cc1. The summed E-state index contributed by atoms with van der Waals surface area (Å²) in [4.78, 5) is 29.1. The summed E-state index contributed by atoms with van der Waals surface area (Å²) in [7, 11) is -4.36. The second kappa shape index (κ2) is 15.5. The number of amides is 2. The summed E-state index contributed by atoms with van der Waals surface area (Å²) in [6.07, 6.45) is 0.187. The molecule has 0 aliphatic rings. The number of carbonyl (C=O) groups excluding carboxylic acids is 2. The number of anilines is 1. The Morgan fingerprint density at radius 2 is 1.56 bits per heavy atom. The molecule has 0 saturated carbocycles. The van der Waals surface area contributed by atoms with Gasteiger partial charge in [-0.3, -0.25) is 13.9 Å². The number of carbonyl (C=O) groups is 2. The number of rotatable bonds is 14. The minimum Gasteiger partial charge on any atom is -0.494 e. The average molecular weight is 652 g/mol. The molecular weight excluding hydrogens is 617 g/mol. The number of benzene rings is 4. The van der Waals surface area contributed by atoms with Gasteiger partial charge < -0.3 is 15.0 Å². The predicted molar refractivity (Wildman–Crippen MR) is 173 cm³/mol. The highest BCUT2D eigenvalue weighted by Crippen LogP contribution is 2.27. The quantitative estimate of drug-likeness (QED) is 0.185. The van der Waals surface area contributed by atoms with Crippen LogP contribution in [0.25, 0.3) is 0 Å². The van der Waals surface area contributed by atoms with Crippen LogP contribution in [-0.2, 0) is 32.6 Å². The van der Waals surface area contributed by atoms with Crippen molar-refractivity contribution in [2.24, 2.45) is 0 Å². The third-order valence-electron chi connectivity index (χ3n) is 6.98. The molecule has 1 unspecified atom stereocenters. The monoisotopic (exact) mass is 651 g/mol. The van der Waals surface area contributed by atoms with E-state index in [4.69, 9.17) is 16.3 Å². The minimum atomic E-state index is -4.36. The number of likely N-dealkylation sites (N-methyl/N-ethyl adjacent to an activating group) is 1. The zero-order valence-electron chi connectivity index (χ0n) is 25.0. The Morgan fingerprint density at radius 3 is 2.18 bits per heavy atom. The molecule has 0 spiro atoms. The molecule has 4 rings (SSSR count). The minimum absolute atomic E-state index is 0.0122. The van der Waals surface area contributed by atoms with E-state index in [1.165, 1.54) is 17.0 Å². The fourth-order valence-electron chi connectivity index (χ4n) is 4.82. The van der Waals surface area contributed by atoms with Gasteiger partial charge in [0, 0.05) is 24.5 Å². The van der Waals surface area contributed by atoms with Crippen LogP contribution in [0.2, 0.25) is 5.02 Å². The fraction of sp³-hybridized carbons (Fsp3) is 0.235. The van der Waals surface area contributed by atoms with Crippen molar-refractivity contribution in [2.75, 3.05) is 24.0 Å². The summed E-state index contributed by atoms with van der Waals surface area (Å²) in [6, 6.07) is 25.9. The highest BCUT2D eigenvalue weighted by molar-refractivity contribution is 7.92.